The summed E-state index contributed by atoms with van der Waals surface area (Å²) in [4.78, 5) is 15.1. The first-order valence-electron chi connectivity index (χ1n) is 4.55. The highest BCUT2D eigenvalue weighted by Gasteiger charge is 2.37. The Labute approximate surface area is 86.3 Å². The minimum atomic E-state index is -0.722. The van der Waals surface area contributed by atoms with E-state index >= 15 is 0 Å². The van der Waals surface area contributed by atoms with Crippen LogP contribution in [-0.2, 0) is 11.8 Å². The normalized spacial score (nSPS) is 18.1. The molecule has 1 unspecified atom stereocenters. The minimum absolute atomic E-state index is 0.323. The number of imidazole rings is 1. The first-order chi connectivity index (χ1) is 6.68. The van der Waals surface area contributed by atoms with E-state index in [4.69, 9.17) is 5.11 Å². The summed E-state index contributed by atoms with van der Waals surface area (Å²) in [6.07, 6.45) is 5.59. The predicted molar refractivity (Wildman–Crippen MR) is 53.2 cm³/mol. The third kappa shape index (κ3) is 1.92. The van der Waals surface area contributed by atoms with Crippen LogP contribution in [0.4, 0.5) is 0 Å². The molecule has 0 aromatic carbocycles. The quantitative estimate of drug-likeness (QED) is 0.766. The predicted octanol–water partition coefficient (Wildman–Crippen LogP) is 1.38. The lowest BCUT2D eigenvalue weighted by Crippen LogP contribution is -2.19. The van der Waals surface area contributed by atoms with Crippen LogP contribution in [0.2, 0.25) is 0 Å². The number of aromatic nitrogens is 2. The van der Waals surface area contributed by atoms with Crippen LogP contribution < -0.4 is 0 Å². The van der Waals surface area contributed by atoms with Crippen molar-refractivity contribution in [3.63, 3.8) is 0 Å². The molecule has 1 saturated carbocycles. The fourth-order valence-corrected chi connectivity index (χ4v) is 2.47. The van der Waals surface area contributed by atoms with Gasteiger partial charge in [0, 0.05) is 19.4 Å². The third-order valence-electron chi connectivity index (χ3n) is 2.30. The molecule has 1 aromatic heterocycles. The van der Waals surface area contributed by atoms with E-state index in [-0.39, 0.29) is 5.25 Å². The number of hydrogen-bond acceptors (Lipinski definition) is 3. The van der Waals surface area contributed by atoms with Crippen LogP contribution in [-0.4, -0.2) is 25.9 Å². The lowest BCUT2D eigenvalue weighted by atomic mass is 10.3. The summed E-state index contributed by atoms with van der Waals surface area (Å²) in [5.41, 5.74) is 0. The summed E-state index contributed by atoms with van der Waals surface area (Å²) in [5.74, 6) is -0.380. The average molecular weight is 212 g/mol. The Bertz CT molecular complexity index is 346. The number of thioether (sulfide) groups is 1. The molecule has 14 heavy (non-hydrogen) atoms. The van der Waals surface area contributed by atoms with Gasteiger partial charge in [-0.15, -0.1) is 0 Å². The molecular formula is C9H12N2O2S. The molecule has 1 N–H and O–H groups in total. The van der Waals surface area contributed by atoms with Gasteiger partial charge < -0.3 is 9.67 Å². The summed E-state index contributed by atoms with van der Waals surface area (Å²) >= 11 is 1.35. The molecule has 1 aliphatic carbocycles. The Hall–Kier alpha value is -0.970. The fourth-order valence-electron chi connectivity index (χ4n) is 1.33. The topological polar surface area (TPSA) is 55.1 Å². The molecule has 1 heterocycles. The molecular weight excluding hydrogens is 200 g/mol. The second kappa shape index (κ2) is 3.65. The zero-order valence-corrected chi connectivity index (χ0v) is 8.70. The second-order valence-electron chi connectivity index (χ2n) is 3.53. The molecule has 1 fully saturated rings. The van der Waals surface area contributed by atoms with Crippen LogP contribution in [0.25, 0.3) is 0 Å². The number of carboxylic acids is 1. The first-order valence-corrected chi connectivity index (χ1v) is 5.43. The monoisotopic (exact) mass is 212 g/mol. The number of carbonyl (C=O) groups is 1. The van der Waals surface area contributed by atoms with Crippen molar-refractivity contribution >= 4 is 17.7 Å². The number of aliphatic carboxylic acids is 1. The number of carboxylic acid groups (broad SMARTS) is 1. The molecule has 1 aliphatic rings. The van der Waals surface area contributed by atoms with E-state index in [1.165, 1.54) is 11.8 Å². The van der Waals surface area contributed by atoms with Gasteiger partial charge in [0.1, 0.15) is 5.25 Å². The van der Waals surface area contributed by atoms with Gasteiger partial charge in [-0.1, -0.05) is 11.8 Å². The van der Waals surface area contributed by atoms with Crippen molar-refractivity contribution in [2.24, 2.45) is 13.0 Å². The summed E-state index contributed by atoms with van der Waals surface area (Å²) in [5, 5.41) is 9.47. The summed E-state index contributed by atoms with van der Waals surface area (Å²) in [6, 6.07) is 0. The van der Waals surface area contributed by atoms with Gasteiger partial charge >= 0.3 is 5.97 Å². The Morgan fingerprint density at radius 2 is 2.50 bits per heavy atom. The molecule has 0 aliphatic heterocycles. The Balaban J connectivity index is 2.07. The Morgan fingerprint density at radius 1 is 1.79 bits per heavy atom. The highest BCUT2D eigenvalue weighted by atomic mass is 32.2. The van der Waals surface area contributed by atoms with Crippen LogP contribution in [0.1, 0.15) is 12.8 Å². The lowest BCUT2D eigenvalue weighted by Gasteiger charge is -2.09. The van der Waals surface area contributed by atoms with E-state index in [1.807, 2.05) is 17.8 Å². The molecule has 0 saturated heterocycles. The lowest BCUT2D eigenvalue weighted by molar-refractivity contribution is -0.136. The van der Waals surface area contributed by atoms with E-state index in [2.05, 4.69) is 4.98 Å². The standard InChI is InChI=1S/C9H12N2O2S/c1-11-5-4-10-9(11)14-7(8(12)13)6-2-3-6/h4-7H,2-3H2,1H3,(H,12,13). The van der Waals surface area contributed by atoms with E-state index in [0.717, 1.165) is 18.0 Å². The largest absolute Gasteiger partial charge is 0.480 e. The second-order valence-corrected chi connectivity index (χ2v) is 4.64. The van der Waals surface area contributed by atoms with E-state index in [0.29, 0.717) is 5.92 Å². The highest BCUT2D eigenvalue weighted by molar-refractivity contribution is 8.00. The molecule has 1 atom stereocenters. The first kappa shape index (κ1) is 9.58. The van der Waals surface area contributed by atoms with Crippen LogP contribution >= 0.6 is 11.8 Å². The van der Waals surface area contributed by atoms with Crippen molar-refractivity contribution < 1.29 is 9.90 Å². The highest BCUT2D eigenvalue weighted by Crippen LogP contribution is 2.41. The van der Waals surface area contributed by atoms with Crippen molar-refractivity contribution in [2.45, 2.75) is 23.2 Å². The minimum Gasteiger partial charge on any atom is -0.480 e. The zero-order chi connectivity index (χ0) is 10.1. The number of nitrogens with zero attached hydrogens (tertiary/aromatic N) is 2. The summed E-state index contributed by atoms with van der Waals surface area (Å²) < 4.78 is 1.85. The van der Waals surface area contributed by atoms with Gasteiger partial charge in [0.2, 0.25) is 0 Å². The maximum absolute atomic E-state index is 11.0. The van der Waals surface area contributed by atoms with Crippen molar-refractivity contribution in [1.82, 2.24) is 9.55 Å². The van der Waals surface area contributed by atoms with Crippen molar-refractivity contribution in [1.29, 1.82) is 0 Å². The van der Waals surface area contributed by atoms with Gasteiger partial charge in [0.05, 0.1) is 0 Å². The molecule has 1 aromatic rings. The van der Waals surface area contributed by atoms with Crippen LogP contribution in [0, 0.1) is 5.92 Å². The number of rotatable bonds is 4. The van der Waals surface area contributed by atoms with Gasteiger partial charge in [-0.2, -0.15) is 0 Å². The number of aryl methyl sites for hydroxylation is 1. The van der Waals surface area contributed by atoms with Gasteiger partial charge in [-0.3, -0.25) is 4.79 Å². The van der Waals surface area contributed by atoms with Crippen LogP contribution in [0.15, 0.2) is 17.6 Å². The van der Waals surface area contributed by atoms with E-state index in [9.17, 15) is 4.79 Å². The zero-order valence-electron chi connectivity index (χ0n) is 7.88. The average Bonchev–Trinajstić information content (AvgIpc) is 2.87. The molecule has 4 nitrogen and oxygen atoms in total. The molecule has 5 heteroatoms. The Kier molecular flexibility index (Phi) is 2.50. The van der Waals surface area contributed by atoms with Gasteiger partial charge in [0.25, 0.3) is 0 Å². The molecule has 2 rings (SSSR count). The van der Waals surface area contributed by atoms with E-state index in [1.54, 1.807) is 6.20 Å². The van der Waals surface area contributed by atoms with Gasteiger partial charge in [-0.25, -0.2) is 4.98 Å². The van der Waals surface area contributed by atoms with E-state index < -0.39 is 5.97 Å². The Morgan fingerprint density at radius 3 is 2.93 bits per heavy atom. The smallest absolute Gasteiger partial charge is 0.317 e. The summed E-state index contributed by atoms with van der Waals surface area (Å²) in [6.45, 7) is 0. The third-order valence-corrected chi connectivity index (χ3v) is 3.75. The molecule has 76 valence electrons. The van der Waals surface area contributed by atoms with Crippen LogP contribution in [0.3, 0.4) is 0 Å². The molecule has 0 bridgehead atoms. The fraction of sp³-hybridized carbons (Fsp3) is 0.556. The van der Waals surface area contributed by atoms with Crippen molar-refractivity contribution in [3.05, 3.63) is 12.4 Å². The summed E-state index contributed by atoms with van der Waals surface area (Å²) in [7, 11) is 1.88. The molecule has 0 radical (unpaired) electrons. The van der Waals surface area contributed by atoms with Crippen molar-refractivity contribution in [3.8, 4) is 0 Å². The SMILES string of the molecule is Cn1ccnc1SC(C(=O)O)C1CC1. The maximum Gasteiger partial charge on any atom is 0.317 e. The maximum atomic E-state index is 11.0. The van der Waals surface area contributed by atoms with Crippen LogP contribution in [0.5, 0.6) is 0 Å². The number of hydrogen-bond donors (Lipinski definition) is 1. The van der Waals surface area contributed by atoms with Crippen molar-refractivity contribution in [2.75, 3.05) is 0 Å². The molecule has 0 amide bonds. The van der Waals surface area contributed by atoms with Gasteiger partial charge in [-0.05, 0) is 18.8 Å². The molecule has 0 spiro atoms. The van der Waals surface area contributed by atoms with Gasteiger partial charge in [0.15, 0.2) is 5.16 Å².